The van der Waals surface area contributed by atoms with Gasteiger partial charge in [-0.05, 0) is 30.0 Å². The first-order chi connectivity index (χ1) is 7.68. The van der Waals surface area contributed by atoms with E-state index in [0.29, 0.717) is 0 Å². The van der Waals surface area contributed by atoms with E-state index >= 15 is 0 Å². The summed E-state index contributed by atoms with van der Waals surface area (Å²) in [5, 5.41) is 2.12. The van der Waals surface area contributed by atoms with Gasteiger partial charge < -0.3 is 5.32 Å². The first kappa shape index (κ1) is 11.1. The van der Waals surface area contributed by atoms with Gasteiger partial charge >= 0.3 is 0 Å². The standard InChI is InChI=1S/C12H12ClNO2/c13-11(15)10(8-4-2-1-3-5-8)14-12(16)9-6-7-9/h1-5,9-10H,6-7H2,(H,14,16). The van der Waals surface area contributed by atoms with Gasteiger partial charge in [0, 0.05) is 5.92 Å². The summed E-state index contributed by atoms with van der Waals surface area (Å²) in [5.74, 6) is -0.00918. The van der Waals surface area contributed by atoms with Gasteiger partial charge in [-0.25, -0.2) is 0 Å². The minimum absolute atomic E-state index is 0.0715. The average molecular weight is 238 g/mol. The summed E-state index contributed by atoms with van der Waals surface area (Å²) in [6, 6.07) is 8.30. The Labute approximate surface area is 98.8 Å². The van der Waals surface area contributed by atoms with Crippen molar-refractivity contribution in [2.24, 2.45) is 5.92 Å². The van der Waals surface area contributed by atoms with E-state index in [4.69, 9.17) is 11.6 Å². The second-order valence-electron chi connectivity index (χ2n) is 3.93. The maximum atomic E-state index is 11.6. The highest BCUT2D eigenvalue weighted by Crippen LogP contribution is 2.30. The normalized spacial score (nSPS) is 16.6. The van der Waals surface area contributed by atoms with Crippen LogP contribution in [0.5, 0.6) is 0 Å². The van der Waals surface area contributed by atoms with E-state index in [-0.39, 0.29) is 11.8 Å². The van der Waals surface area contributed by atoms with Crippen LogP contribution in [0.3, 0.4) is 0 Å². The minimum atomic E-state index is -0.726. The third-order valence-electron chi connectivity index (χ3n) is 2.59. The highest BCUT2D eigenvalue weighted by atomic mass is 35.5. The number of halogens is 1. The number of nitrogens with one attached hydrogen (secondary N) is 1. The summed E-state index contributed by atoms with van der Waals surface area (Å²) in [5.41, 5.74) is 0.719. The molecule has 1 aliphatic rings. The Balaban J connectivity index is 2.11. The molecule has 4 heteroatoms. The zero-order valence-corrected chi connectivity index (χ0v) is 9.41. The van der Waals surface area contributed by atoms with Crippen LogP contribution in [0.1, 0.15) is 24.4 Å². The molecular weight excluding hydrogens is 226 g/mol. The Morgan fingerprint density at radius 1 is 1.25 bits per heavy atom. The highest BCUT2D eigenvalue weighted by molar-refractivity contribution is 6.64. The van der Waals surface area contributed by atoms with Crippen LogP contribution in [0.4, 0.5) is 0 Å². The quantitative estimate of drug-likeness (QED) is 0.815. The highest BCUT2D eigenvalue weighted by Gasteiger charge is 2.32. The smallest absolute Gasteiger partial charge is 0.248 e. The van der Waals surface area contributed by atoms with E-state index in [1.165, 1.54) is 0 Å². The molecule has 1 saturated carbocycles. The summed E-state index contributed by atoms with van der Waals surface area (Å²) in [6.07, 6.45) is 1.81. The Morgan fingerprint density at radius 2 is 1.88 bits per heavy atom. The fourth-order valence-corrected chi connectivity index (χ4v) is 1.70. The van der Waals surface area contributed by atoms with Crippen molar-refractivity contribution in [2.75, 3.05) is 0 Å². The molecule has 3 nitrogen and oxygen atoms in total. The number of benzene rings is 1. The molecule has 0 bridgehead atoms. The molecule has 84 valence electrons. The van der Waals surface area contributed by atoms with Crippen molar-refractivity contribution in [1.82, 2.24) is 5.32 Å². The Kier molecular flexibility index (Phi) is 3.25. The van der Waals surface area contributed by atoms with Crippen LogP contribution in [0.25, 0.3) is 0 Å². The zero-order chi connectivity index (χ0) is 11.5. The van der Waals surface area contributed by atoms with Gasteiger partial charge in [-0.2, -0.15) is 0 Å². The van der Waals surface area contributed by atoms with Crippen molar-refractivity contribution in [1.29, 1.82) is 0 Å². The van der Waals surface area contributed by atoms with Crippen molar-refractivity contribution >= 4 is 22.8 Å². The van der Waals surface area contributed by atoms with Crippen molar-refractivity contribution in [3.8, 4) is 0 Å². The molecule has 1 atom stereocenters. The zero-order valence-electron chi connectivity index (χ0n) is 8.65. The predicted octanol–water partition coefficient (Wildman–Crippen LogP) is 2.02. The second kappa shape index (κ2) is 4.66. The van der Waals surface area contributed by atoms with Gasteiger partial charge in [0.15, 0.2) is 0 Å². The monoisotopic (exact) mass is 237 g/mol. The molecule has 2 rings (SSSR count). The number of amides is 1. The summed E-state index contributed by atoms with van der Waals surface area (Å²) in [6.45, 7) is 0. The van der Waals surface area contributed by atoms with Crippen LogP contribution in [-0.2, 0) is 9.59 Å². The van der Waals surface area contributed by atoms with Crippen LogP contribution in [-0.4, -0.2) is 11.1 Å². The molecule has 0 spiro atoms. The third-order valence-corrected chi connectivity index (χ3v) is 2.81. The van der Waals surface area contributed by atoms with E-state index in [1.54, 1.807) is 12.1 Å². The van der Waals surface area contributed by atoms with Crippen LogP contribution in [0.15, 0.2) is 30.3 Å². The van der Waals surface area contributed by atoms with E-state index < -0.39 is 11.3 Å². The lowest BCUT2D eigenvalue weighted by molar-refractivity contribution is -0.126. The van der Waals surface area contributed by atoms with Gasteiger partial charge in [0.2, 0.25) is 11.1 Å². The Morgan fingerprint density at radius 3 is 2.38 bits per heavy atom. The molecule has 0 radical (unpaired) electrons. The van der Waals surface area contributed by atoms with Crippen LogP contribution >= 0.6 is 11.6 Å². The Bertz CT molecular complexity index is 401. The van der Waals surface area contributed by atoms with Gasteiger partial charge in [-0.1, -0.05) is 30.3 Å². The average Bonchev–Trinajstić information content (AvgIpc) is 3.10. The van der Waals surface area contributed by atoms with Crippen molar-refractivity contribution < 1.29 is 9.59 Å². The molecule has 1 unspecified atom stereocenters. The van der Waals surface area contributed by atoms with Gasteiger partial charge in [-0.15, -0.1) is 0 Å². The second-order valence-corrected chi connectivity index (χ2v) is 4.30. The molecule has 0 aromatic heterocycles. The topological polar surface area (TPSA) is 46.2 Å². The van der Waals surface area contributed by atoms with Crippen LogP contribution in [0.2, 0.25) is 0 Å². The maximum Gasteiger partial charge on any atom is 0.248 e. The predicted molar refractivity (Wildman–Crippen MR) is 60.9 cm³/mol. The van der Waals surface area contributed by atoms with E-state index in [1.807, 2.05) is 18.2 Å². The lowest BCUT2D eigenvalue weighted by Crippen LogP contribution is -2.32. The molecule has 1 N–H and O–H groups in total. The van der Waals surface area contributed by atoms with Crippen LogP contribution in [0, 0.1) is 5.92 Å². The first-order valence-corrected chi connectivity index (χ1v) is 5.61. The lowest BCUT2D eigenvalue weighted by atomic mass is 10.1. The minimum Gasteiger partial charge on any atom is -0.341 e. The van der Waals surface area contributed by atoms with Gasteiger partial charge in [-0.3, -0.25) is 9.59 Å². The van der Waals surface area contributed by atoms with E-state index in [9.17, 15) is 9.59 Å². The molecule has 0 heterocycles. The molecule has 1 aromatic rings. The number of carbonyl (C=O) groups is 2. The summed E-state index contributed by atoms with van der Waals surface area (Å²) < 4.78 is 0. The molecule has 0 aliphatic heterocycles. The van der Waals surface area contributed by atoms with Gasteiger partial charge in [0.1, 0.15) is 6.04 Å². The Hall–Kier alpha value is -1.35. The van der Waals surface area contributed by atoms with Gasteiger partial charge in [0.05, 0.1) is 0 Å². The number of carbonyl (C=O) groups excluding carboxylic acids is 2. The summed E-state index contributed by atoms with van der Waals surface area (Å²) >= 11 is 5.49. The number of hydrogen-bond acceptors (Lipinski definition) is 2. The number of rotatable bonds is 4. The SMILES string of the molecule is O=C(NC(C(=O)Cl)c1ccccc1)C1CC1. The van der Waals surface area contributed by atoms with Gasteiger partial charge in [0.25, 0.3) is 0 Å². The van der Waals surface area contributed by atoms with Crippen molar-refractivity contribution in [3.63, 3.8) is 0 Å². The number of hydrogen-bond donors (Lipinski definition) is 1. The van der Waals surface area contributed by atoms with Crippen molar-refractivity contribution in [3.05, 3.63) is 35.9 Å². The lowest BCUT2D eigenvalue weighted by Gasteiger charge is -2.14. The first-order valence-electron chi connectivity index (χ1n) is 5.23. The summed E-state index contributed by atoms with van der Waals surface area (Å²) in [7, 11) is 0. The fraction of sp³-hybridized carbons (Fsp3) is 0.333. The van der Waals surface area contributed by atoms with E-state index in [2.05, 4.69) is 5.32 Å². The fourth-order valence-electron chi connectivity index (χ4n) is 1.52. The third kappa shape index (κ3) is 2.61. The van der Waals surface area contributed by atoms with Crippen LogP contribution < -0.4 is 5.32 Å². The molecule has 1 amide bonds. The molecule has 16 heavy (non-hydrogen) atoms. The summed E-state index contributed by atoms with van der Waals surface area (Å²) in [4.78, 5) is 22.8. The molecule has 1 aromatic carbocycles. The maximum absolute atomic E-state index is 11.6. The molecule has 0 saturated heterocycles. The molecular formula is C12H12ClNO2. The molecule has 1 aliphatic carbocycles. The molecule has 1 fully saturated rings. The van der Waals surface area contributed by atoms with Crippen molar-refractivity contribution in [2.45, 2.75) is 18.9 Å². The van der Waals surface area contributed by atoms with E-state index in [0.717, 1.165) is 18.4 Å². The largest absolute Gasteiger partial charge is 0.341 e.